The Balaban J connectivity index is 2.95. The van der Waals surface area contributed by atoms with Crippen molar-refractivity contribution < 1.29 is 9.00 Å². The molecule has 0 aliphatic carbocycles. The molecule has 0 fully saturated rings. The van der Waals surface area contributed by atoms with Crippen LogP contribution in [-0.2, 0) is 11.0 Å². The second kappa shape index (κ2) is 6.25. The molecule has 6 heteroatoms. The number of nitrogens with zero attached hydrogens (tertiary/aromatic N) is 1. The largest absolute Gasteiger partial charge is 0.364 e. The third kappa shape index (κ3) is 4.40. The van der Waals surface area contributed by atoms with E-state index in [1.165, 1.54) is 0 Å². The fourth-order valence-electron chi connectivity index (χ4n) is 1.49. The molecule has 5 nitrogen and oxygen atoms in total. The number of nitrogens with two attached hydrogens (primary N) is 1. The maximum absolute atomic E-state index is 12.1. The normalized spacial score (nSPS) is 14.9. The van der Waals surface area contributed by atoms with E-state index in [2.05, 4.69) is 9.71 Å². The minimum atomic E-state index is -1.17. The van der Waals surface area contributed by atoms with Gasteiger partial charge in [0.1, 0.15) is 5.69 Å². The lowest BCUT2D eigenvalue weighted by Gasteiger charge is -2.23. The molecule has 0 aliphatic rings. The van der Waals surface area contributed by atoms with Crippen molar-refractivity contribution in [1.29, 1.82) is 0 Å². The van der Waals surface area contributed by atoms with Crippen molar-refractivity contribution in [3.05, 3.63) is 29.6 Å². The average Bonchev–Trinajstić information content (AvgIpc) is 2.34. The SMILES string of the molecule is CCC(NS(=O)C(C)(C)C)c1ccnc(C(N)=O)c1. The maximum Gasteiger partial charge on any atom is 0.267 e. The van der Waals surface area contributed by atoms with Gasteiger partial charge in [-0.2, -0.15) is 0 Å². The molecule has 106 valence electrons. The molecule has 0 aliphatic heterocycles. The minimum absolute atomic E-state index is 0.0961. The molecule has 0 saturated carbocycles. The Hall–Kier alpha value is -1.27. The van der Waals surface area contributed by atoms with Gasteiger partial charge in [0.15, 0.2) is 0 Å². The van der Waals surface area contributed by atoms with E-state index in [1.807, 2.05) is 27.7 Å². The number of hydrogen-bond acceptors (Lipinski definition) is 3. The van der Waals surface area contributed by atoms with E-state index in [4.69, 9.17) is 5.73 Å². The van der Waals surface area contributed by atoms with Crippen LogP contribution in [0, 0.1) is 0 Å². The van der Waals surface area contributed by atoms with Crippen LogP contribution in [0.3, 0.4) is 0 Å². The van der Waals surface area contributed by atoms with Gasteiger partial charge in [-0.1, -0.05) is 6.92 Å². The molecule has 0 spiro atoms. The highest BCUT2D eigenvalue weighted by atomic mass is 32.2. The highest BCUT2D eigenvalue weighted by Crippen LogP contribution is 2.20. The summed E-state index contributed by atoms with van der Waals surface area (Å²) < 4.78 is 14.9. The summed E-state index contributed by atoms with van der Waals surface area (Å²) in [5.41, 5.74) is 6.30. The second-order valence-corrected chi connectivity index (χ2v) is 7.30. The number of amides is 1. The number of aromatic nitrogens is 1. The molecule has 0 bridgehead atoms. The molecule has 1 aromatic heterocycles. The van der Waals surface area contributed by atoms with Gasteiger partial charge in [0.05, 0.1) is 15.7 Å². The lowest BCUT2D eigenvalue weighted by Crippen LogP contribution is -2.35. The summed E-state index contributed by atoms with van der Waals surface area (Å²) >= 11 is 0. The van der Waals surface area contributed by atoms with Crippen molar-refractivity contribution >= 4 is 16.9 Å². The van der Waals surface area contributed by atoms with E-state index in [1.54, 1.807) is 18.3 Å². The monoisotopic (exact) mass is 283 g/mol. The molecule has 19 heavy (non-hydrogen) atoms. The number of carbonyl (C=O) groups is 1. The molecule has 1 heterocycles. The summed E-state index contributed by atoms with van der Waals surface area (Å²) in [6.07, 6.45) is 2.30. The summed E-state index contributed by atoms with van der Waals surface area (Å²) in [5.74, 6) is -0.561. The highest BCUT2D eigenvalue weighted by molar-refractivity contribution is 7.84. The van der Waals surface area contributed by atoms with Crippen LogP contribution in [0.2, 0.25) is 0 Å². The quantitative estimate of drug-likeness (QED) is 0.862. The van der Waals surface area contributed by atoms with Crippen molar-refractivity contribution in [1.82, 2.24) is 9.71 Å². The van der Waals surface area contributed by atoms with Crippen molar-refractivity contribution in [2.45, 2.75) is 44.9 Å². The van der Waals surface area contributed by atoms with Crippen LogP contribution in [-0.4, -0.2) is 19.8 Å². The Kier molecular flexibility index (Phi) is 5.20. The molecule has 2 unspecified atom stereocenters. The number of primary amides is 1. The number of carbonyl (C=O) groups excluding carboxylic acids is 1. The fourth-order valence-corrected chi connectivity index (χ4v) is 2.41. The Morgan fingerprint density at radius 3 is 2.63 bits per heavy atom. The van der Waals surface area contributed by atoms with Gasteiger partial charge in [0, 0.05) is 12.2 Å². The average molecular weight is 283 g/mol. The molecule has 2 atom stereocenters. The van der Waals surface area contributed by atoms with E-state index in [0.29, 0.717) is 0 Å². The van der Waals surface area contributed by atoms with E-state index < -0.39 is 16.9 Å². The van der Waals surface area contributed by atoms with E-state index in [9.17, 15) is 9.00 Å². The first-order valence-electron chi connectivity index (χ1n) is 6.19. The fraction of sp³-hybridized carbons (Fsp3) is 0.538. The van der Waals surface area contributed by atoms with Crippen molar-refractivity contribution in [2.75, 3.05) is 0 Å². The van der Waals surface area contributed by atoms with Gasteiger partial charge in [-0.15, -0.1) is 0 Å². The van der Waals surface area contributed by atoms with Gasteiger partial charge in [-0.05, 0) is 44.9 Å². The van der Waals surface area contributed by atoms with Crippen LogP contribution in [0.4, 0.5) is 0 Å². The maximum atomic E-state index is 12.1. The lowest BCUT2D eigenvalue weighted by molar-refractivity contribution is 0.0995. The molecule has 0 radical (unpaired) electrons. The summed E-state index contributed by atoms with van der Waals surface area (Å²) in [6, 6.07) is 3.35. The Morgan fingerprint density at radius 1 is 1.53 bits per heavy atom. The first-order chi connectivity index (χ1) is 8.75. The van der Waals surface area contributed by atoms with Gasteiger partial charge < -0.3 is 5.73 Å². The number of pyridine rings is 1. The van der Waals surface area contributed by atoms with Crippen molar-refractivity contribution in [3.63, 3.8) is 0 Å². The Morgan fingerprint density at radius 2 is 2.16 bits per heavy atom. The second-order valence-electron chi connectivity index (χ2n) is 5.30. The van der Waals surface area contributed by atoms with Crippen LogP contribution in [0.25, 0.3) is 0 Å². The third-order valence-electron chi connectivity index (χ3n) is 2.65. The Labute approximate surface area is 116 Å². The Bertz CT molecular complexity index is 483. The number of rotatable bonds is 5. The van der Waals surface area contributed by atoms with Gasteiger partial charge in [-0.3, -0.25) is 9.78 Å². The van der Waals surface area contributed by atoms with Gasteiger partial charge in [0.25, 0.3) is 5.91 Å². The lowest BCUT2D eigenvalue weighted by atomic mass is 10.1. The first-order valence-corrected chi connectivity index (χ1v) is 7.34. The third-order valence-corrected chi connectivity index (χ3v) is 4.26. The molecule has 3 N–H and O–H groups in total. The van der Waals surface area contributed by atoms with Crippen LogP contribution in [0.5, 0.6) is 0 Å². The molecule has 0 saturated heterocycles. The zero-order valence-electron chi connectivity index (χ0n) is 11.8. The molecule has 0 aromatic carbocycles. The smallest absolute Gasteiger partial charge is 0.267 e. The predicted octanol–water partition coefficient (Wildman–Crippen LogP) is 1.68. The van der Waals surface area contributed by atoms with Gasteiger partial charge in [0.2, 0.25) is 0 Å². The predicted molar refractivity (Wildman–Crippen MR) is 76.8 cm³/mol. The minimum Gasteiger partial charge on any atom is -0.364 e. The number of hydrogen-bond donors (Lipinski definition) is 2. The molecular weight excluding hydrogens is 262 g/mol. The van der Waals surface area contributed by atoms with Gasteiger partial charge in [-0.25, -0.2) is 8.93 Å². The van der Waals surface area contributed by atoms with Crippen LogP contribution in [0.1, 0.15) is 56.2 Å². The van der Waals surface area contributed by atoms with Crippen LogP contribution < -0.4 is 10.5 Å². The van der Waals surface area contributed by atoms with Gasteiger partial charge >= 0.3 is 0 Å². The topological polar surface area (TPSA) is 85.1 Å². The molecular formula is C13H21N3O2S. The molecule has 1 aromatic rings. The zero-order valence-corrected chi connectivity index (χ0v) is 12.6. The summed E-state index contributed by atoms with van der Waals surface area (Å²) in [6.45, 7) is 7.71. The summed E-state index contributed by atoms with van der Waals surface area (Å²) in [7, 11) is -1.17. The summed E-state index contributed by atoms with van der Waals surface area (Å²) in [5, 5.41) is 0. The molecule has 1 rings (SSSR count). The first kappa shape index (κ1) is 15.8. The van der Waals surface area contributed by atoms with Crippen LogP contribution >= 0.6 is 0 Å². The zero-order chi connectivity index (χ0) is 14.6. The number of nitrogens with one attached hydrogen (secondary N) is 1. The highest BCUT2D eigenvalue weighted by Gasteiger charge is 2.23. The van der Waals surface area contributed by atoms with Crippen molar-refractivity contribution in [2.24, 2.45) is 5.73 Å². The molecule has 1 amide bonds. The van der Waals surface area contributed by atoms with E-state index >= 15 is 0 Å². The van der Waals surface area contributed by atoms with E-state index in [0.717, 1.165) is 12.0 Å². The van der Waals surface area contributed by atoms with Crippen LogP contribution in [0.15, 0.2) is 18.3 Å². The summed E-state index contributed by atoms with van der Waals surface area (Å²) in [4.78, 5) is 15.0. The standard InChI is InChI=1S/C13H21N3O2S/c1-5-10(16-19(18)13(2,3)4)9-6-7-15-11(8-9)12(14)17/h6-8,10,16H,5H2,1-4H3,(H2,14,17). The van der Waals surface area contributed by atoms with Crippen molar-refractivity contribution in [3.8, 4) is 0 Å². The van der Waals surface area contributed by atoms with E-state index in [-0.39, 0.29) is 16.5 Å².